The molecule has 0 amide bonds. The van der Waals surface area contributed by atoms with Crippen molar-refractivity contribution in [2.24, 2.45) is 16.3 Å². The van der Waals surface area contributed by atoms with Crippen LogP contribution < -0.4 is 10.6 Å². The van der Waals surface area contributed by atoms with Crippen molar-refractivity contribution in [1.82, 2.24) is 10.6 Å². The number of aliphatic hydroxyl groups is 1. The third kappa shape index (κ3) is 6.60. The van der Waals surface area contributed by atoms with E-state index in [0.717, 1.165) is 37.8 Å². The Balaban J connectivity index is 2.35. The molecule has 118 valence electrons. The van der Waals surface area contributed by atoms with Crippen molar-refractivity contribution < 1.29 is 5.11 Å². The summed E-state index contributed by atoms with van der Waals surface area (Å²) in [5.74, 6) is 1.67. The molecule has 0 aromatic heterocycles. The summed E-state index contributed by atoms with van der Waals surface area (Å²) in [6.45, 7) is 10.7. The van der Waals surface area contributed by atoms with Gasteiger partial charge in [-0.3, -0.25) is 4.99 Å². The van der Waals surface area contributed by atoms with Crippen LogP contribution in [-0.4, -0.2) is 36.8 Å². The first kappa shape index (κ1) is 17.3. The largest absolute Gasteiger partial charge is 0.396 e. The topological polar surface area (TPSA) is 56.7 Å². The number of aliphatic imine (C=N–C) groups is 1. The molecule has 1 aliphatic rings. The Kier molecular flexibility index (Phi) is 7.35. The molecular formula is C16H33N3O. The molecule has 20 heavy (non-hydrogen) atoms. The SMILES string of the molecule is CCNC(=NCC1(CO)CC1)NC(C)CCCC(C)C. The molecule has 0 aliphatic heterocycles. The Labute approximate surface area is 124 Å². The highest BCUT2D eigenvalue weighted by atomic mass is 16.3. The van der Waals surface area contributed by atoms with E-state index in [1.165, 1.54) is 19.3 Å². The molecule has 1 rings (SSSR count). The Bertz CT molecular complexity index is 298. The first-order valence-electron chi connectivity index (χ1n) is 8.17. The molecule has 1 fully saturated rings. The number of hydrogen-bond acceptors (Lipinski definition) is 2. The van der Waals surface area contributed by atoms with Gasteiger partial charge >= 0.3 is 0 Å². The smallest absolute Gasteiger partial charge is 0.191 e. The highest BCUT2D eigenvalue weighted by Crippen LogP contribution is 2.45. The Morgan fingerprint density at radius 1 is 1.25 bits per heavy atom. The fraction of sp³-hybridized carbons (Fsp3) is 0.938. The lowest BCUT2D eigenvalue weighted by Gasteiger charge is -2.19. The van der Waals surface area contributed by atoms with Gasteiger partial charge in [0.15, 0.2) is 5.96 Å². The monoisotopic (exact) mass is 283 g/mol. The third-order valence-electron chi connectivity index (χ3n) is 4.01. The average molecular weight is 283 g/mol. The zero-order chi connectivity index (χ0) is 15.0. The quantitative estimate of drug-likeness (QED) is 0.450. The van der Waals surface area contributed by atoms with Crippen LogP contribution in [0.3, 0.4) is 0 Å². The van der Waals surface area contributed by atoms with E-state index in [-0.39, 0.29) is 12.0 Å². The van der Waals surface area contributed by atoms with Gasteiger partial charge in [0.2, 0.25) is 0 Å². The molecule has 0 radical (unpaired) electrons. The van der Waals surface area contributed by atoms with Crippen LogP contribution in [0.5, 0.6) is 0 Å². The summed E-state index contributed by atoms with van der Waals surface area (Å²) in [5, 5.41) is 16.1. The molecule has 0 saturated heterocycles. The number of rotatable bonds is 9. The summed E-state index contributed by atoms with van der Waals surface area (Å²) < 4.78 is 0. The van der Waals surface area contributed by atoms with E-state index in [1.807, 2.05) is 0 Å². The molecule has 0 aromatic carbocycles. The highest BCUT2D eigenvalue weighted by molar-refractivity contribution is 5.80. The molecule has 1 saturated carbocycles. The molecule has 1 atom stereocenters. The van der Waals surface area contributed by atoms with E-state index in [9.17, 15) is 5.11 Å². The van der Waals surface area contributed by atoms with Crippen molar-refractivity contribution in [3.05, 3.63) is 0 Å². The van der Waals surface area contributed by atoms with Crippen molar-refractivity contribution >= 4 is 5.96 Å². The third-order valence-corrected chi connectivity index (χ3v) is 4.01. The normalized spacial score (nSPS) is 19.0. The van der Waals surface area contributed by atoms with Gasteiger partial charge in [0, 0.05) is 18.0 Å². The second kappa shape index (κ2) is 8.50. The lowest BCUT2D eigenvalue weighted by molar-refractivity contribution is 0.216. The number of hydrogen-bond donors (Lipinski definition) is 3. The standard InChI is InChI=1S/C16H33N3O/c1-5-17-15(18-11-16(12-20)9-10-16)19-14(4)8-6-7-13(2)3/h13-14,20H,5-12H2,1-4H3,(H2,17,18,19). The van der Waals surface area contributed by atoms with Crippen LogP contribution in [0.25, 0.3) is 0 Å². The molecule has 1 aliphatic carbocycles. The summed E-state index contributed by atoms with van der Waals surface area (Å²) in [6, 6.07) is 0.441. The summed E-state index contributed by atoms with van der Waals surface area (Å²) in [4.78, 5) is 4.64. The van der Waals surface area contributed by atoms with Crippen molar-refractivity contribution in [2.75, 3.05) is 19.7 Å². The minimum Gasteiger partial charge on any atom is -0.396 e. The number of nitrogens with zero attached hydrogens (tertiary/aromatic N) is 1. The van der Waals surface area contributed by atoms with Gasteiger partial charge < -0.3 is 15.7 Å². The minimum atomic E-state index is 0.0865. The fourth-order valence-electron chi connectivity index (χ4n) is 2.25. The van der Waals surface area contributed by atoms with E-state index in [0.29, 0.717) is 6.04 Å². The first-order chi connectivity index (χ1) is 9.51. The number of guanidine groups is 1. The Hall–Kier alpha value is -0.770. The second-order valence-corrected chi connectivity index (χ2v) is 6.72. The van der Waals surface area contributed by atoms with E-state index < -0.39 is 0 Å². The van der Waals surface area contributed by atoms with Gasteiger partial charge in [0.25, 0.3) is 0 Å². The Morgan fingerprint density at radius 2 is 1.95 bits per heavy atom. The van der Waals surface area contributed by atoms with Crippen LogP contribution in [0, 0.1) is 11.3 Å². The van der Waals surface area contributed by atoms with Crippen LogP contribution in [0.1, 0.15) is 59.8 Å². The van der Waals surface area contributed by atoms with Crippen LogP contribution in [0.4, 0.5) is 0 Å². The number of aliphatic hydroxyl groups excluding tert-OH is 1. The van der Waals surface area contributed by atoms with Gasteiger partial charge in [-0.2, -0.15) is 0 Å². The Morgan fingerprint density at radius 3 is 2.45 bits per heavy atom. The maximum absolute atomic E-state index is 9.34. The molecule has 0 aromatic rings. The van der Waals surface area contributed by atoms with Crippen molar-refractivity contribution in [2.45, 2.75) is 65.8 Å². The van der Waals surface area contributed by atoms with Crippen LogP contribution >= 0.6 is 0 Å². The van der Waals surface area contributed by atoms with Crippen molar-refractivity contribution in [3.8, 4) is 0 Å². The van der Waals surface area contributed by atoms with Crippen LogP contribution in [0.2, 0.25) is 0 Å². The van der Waals surface area contributed by atoms with E-state index in [1.54, 1.807) is 0 Å². The van der Waals surface area contributed by atoms with Crippen molar-refractivity contribution in [3.63, 3.8) is 0 Å². The zero-order valence-electron chi connectivity index (χ0n) is 13.7. The van der Waals surface area contributed by atoms with Gasteiger partial charge in [0.1, 0.15) is 0 Å². The molecule has 0 spiro atoms. The lowest BCUT2D eigenvalue weighted by Crippen LogP contribution is -2.42. The van der Waals surface area contributed by atoms with Crippen molar-refractivity contribution in [1.29, 1.82) is 0 Å². The van der Waals surface area contributed by atoms with E-state index in [4.69, 9.17) is 0 Å². The van der Waals surface area contributed by atoms with Crippen LogP contribution in [0.15, 0.2) is 4.99 Å². The predicted molar refractivity (Wildman–Crippen MR) is 86.0 cm³/mol. The van der Waals surface area contributed by atoms with Gasteiger partial charge in [-0.05, 0) is 39.0 Å². The lowest BCUT2D eigenvalue weighted by atomic mass is 10.0. The maximum atomic E-state index is 9.34. The summed E-state index contributed by atoms with van der Waals surface area (Å²) in [7, 11) is 0. The first-order valence-corrected chi connectivity index (χ1v) is 8.17. The molecule has 0 heterocycles. The van der Waals surface area contributed by atoms with E-state index >= 15 is 0 Å². The average Bonchev–Trinajstić information content (AvgIpc) is 3.16. The molecule has 4 nitrogen and oxygen atoms in total. The maximum Gasteiger partial charge on any atom is 0.191 e. The van der Waals surface area contributed by atoms with Gasteiger partial charge in [-0.1, -0.05) is 26.7 Å². The summed E-state index contributed by atoms with van der Waals surface area (Å²) in [6.07, 6.45) is 5.93. The van der Waals surface area contributed by atoms with Gasteiger partial charge in [0.05, 0.1) is 13.2 Å². The van der Waals surface area contributed by atoms with Gasteiger partial charge in [-0.25, -0.2) is 0 Å². The molecule has 0 bridgehead atoms. The zero-order valence-corrected chi connectivity index (χ0v) is 13.7. The van der Waals surface area contributed by atoms with E-state index in [2.05, 4.69) is 43.3 Å². The number of nitrogens with one attached hydrogen (secondary N) is 2. The molecule has 4 heteroatoms. The summed E-state index contributed by atoms with van der Waals surface area (Å²) >= 11 is 0. The molecule has 1 unspecified atom stereocenters. The fourth-order valence-corrected chi connectivity index (χ4v) is 2.25. The second-order valence-electron chi connectivity index (χ2n) is 6.72. The molecular weight excluding hydrogens is 250 g/mol. The summed E-state index contributed by atoms with van der Waals surface area (Å²) in [5.41, 5.74) is 0.0865. The predicted octanol–water partition coefficient (Wildman–Crippen LogP) is 2.53. The molecule has 3 N–H and O–H groups in total. The minimum absolute atomic E-state index is 0.0865. The van der Waals surface area contributed by atoms with Crippen LogP contribution in [-0.2, 0) is 0 Å². The van der Waals surface area contributed by atoms with Gasteiger partial charge in [-0.15, -0.1) is 0 Å². The highest BCUT2D eigenvalue weighted by Gasteiger charge is 2.41.